The lowest BCUT2D eigenvalue weighted by Gasteiger charge is -2.12. The maximum atomic E-state index is 12.3. The van der Waals surface area contributed by atoms with Crippen molar-refractivity contribution in [3.8, 4) is 0 Å². The number of hydrogen-bond donors (Lipinski definition) is 2. The molecule has 2 unspecified atom stereocenters. The van der Waals surface area contributed by atoms with E-state index in [4.69, 9.17) is 0 Å². The summed E-state index contributed by atoms with van der Waals surface area (Å²) in [6.07, 6.45) is 5.28. The first kappa shape index (κ1) is 14.0. The molecule has 0 spiro atoms. The monoisotopic (exact) mass is 295 g/mol. The summed E-state index contributed by atoms with van der Waals surface area (Å²) in [6, 6.07) is 5.46. The van der Waals surface area contributed by atoms with Gasteiger partial charge in [0.05, 0.1) is 11.0 Å². The topological polar surface area (TPSA) is 66.4 Å². The fourth-order valence-corrected chi connectivity index (χ4v) is 4.43. The Hall–Kier alpha value is -0.910. The molecular formula is C15H21NO3S. The molecule has 1 aromatic carbocycles. The molecule has 0 radical (unpaired) electrons. The van der Waals surface area contributed by atoms with E-state index >= 15 is 0 Å². The van der Waals surface area contributed by atoms with Crippen LogP contribution in [0.2, 0.25) is 0 Å². The molecule has 1 aromatic rings. The molecule has 20 heavy (non-hydrogen) atoms. The SMILES string of the molecule is O=S(=O)(NCC1CCC(O)C1)c1ccc2c(c1)CCC2. The number of fused-ring (bicyclic) bond motifs is 1. The van der Waals surface area contributed by atoms with Crippen LogP contribution in [0.5, 0.6) is 0 Å². The lowest BCUT2D eigenvalue weighted by atomic mass is 10.1. The fraction of sp³-hybridized carbons (Fsp3) is 0.600. The molecule has 2 aliphatic rings. The molecule has 2 aliphatic carbocycles. The van der Waals surface area contributed by atoms with Crippen LogP contribution in [-0.4, -0.2) is 26.2 Å². The van der Waals surface area contributed by atoms with E-state index in [9.17, 15) is 13.5 Å². The normalized spacial score (nSPS) is 25.9. The Morgan fingerprint density at radius 1 is 1.20 bits per heavy atom. The number of sulfonamides is 1. The second-order valence-corrected chi connectivity index (χ2v) is 7.74. The Balaban J connectivity index is 1.68. The van der Waals surface area contributed by atoms with Crippen molar-refractivity contribution in [2.24, 2.45) is 5.92 Å². The highest BCUT2D eigenvalue weighted by Crippen LogP contribution is 2.26. The average Bonchev–Trinajstić information content (AvgIpc) is 3.04. The molecule has 4 nitrogen and oxygen atoms in total. The number of hydrogen-bond acceptors (Lipinski definition) is 3. The largest absolute Gasteiger partial charge is 0.393 e. The second kappa shape index (κ2) is 5.47. The first-order chi connectivity index (χ1) is 9.54. The molecular weight excluding hydrogens is 274 g/mol. The predicted molar refractivity (Wildman–Crippen MR) is 77.0 cm³/mol. The maximum Gasteiger partial charge on any atom is 0.240 e. The molecule has 0 amide bonds. The predicted octanol–water partition coefficient (Wildman–Crippen LogP) is 1.61. The van der Waals surface area contributed by atoms with Gasteiger partial charge in [-0.05, 0) is 67.7 Å². The Kier molecular flexibility index (Phi) is 3.84. The number of benzene rings is 1. The van der Waals surface area contributed by atoms with Crippen LogP contribution >= 0.6 is 0 Å². The minimum absolute atomic E-state index is 0.259. The summed E-state index contributed by atoms with van der Waals surface area (Å²) in [5.74, 6) is 0.259. The van der Waals surface area contributed by atoms with E-state index in [1.807, 2.05) is 12.1 Å². The lowest BCUT2D eigenvalue weighted by Crippen LogP contribution is -2.29. The molecule has 0 heterocycles. The van der Waals surface area contributed by atoms with Crippen molar-refractivity contribution in [3.05, 3.63) is 29.3 Å². The van der Waals surface area contributed by atoms with E-state index in [1.54, 1.807) is 6.07 Å². The van der Waals surface area contributed by atoms with E-state index < -0.39 is 10.0 Å². The Morgan fingerprint density at radius 2 is 2.00 bits per heavy atom. The van der Waals surface area contributed by atoms with Crippen LogP contribution in [0, 0.1) is 5.92 Å². The third kappa shape index (κ3) is 2.90. The van der Waals surface area contributed by atoms with Gasteiger partial charge in [0.1, 0.15) is 0 Å². The van der Waals surface area contributed by atoms with Crippen molar-refractivity contribution < 1.29 is 13.5 Å². The molecule has 0 saturated heterocycles. The van der Waals surface area contributed by atoms with Crippen molar-refractivity contribution in [1.82, 2.24) is 4.72 Å². The molecule has 2 atom stereocenters. The standard InChI is InChI=1S/C15H21NO3S/c17-14-6-4-11(8-14)10-16-20(18,19)15-7-5-12-2-1-3-13(12)9-15/h5,7,9,11,14,16-17H,1-4,6,8,10H2. The van der Waals surface area contributed by atoms with Crippen LogP contribution in [0.3, 0.4) is 0 Å². The van der Waals surface area contributed by atoms with Gasteiger partial charge in [-0.15, -0.1) is 0 Å². The highest BCUT2D eigenvalue weighted by molar-refractivity contribution is 7.89. The van der Waals surface area contributed by atoms with Gasteiger partial charge in [-0.1, -0.05) is 6.07 Å². The third-order valence-corrected chi connectivity index (χ3v) is 5.88. The summed E-state index contributed by atoms with van der Waals surface area (Å²) in [4.78, 5) is 0.372. The number of nitrogens with one attached hydrogen (secondary N) is 1. The fourth-order valence-electron chi connectivity index (χ4n) is 3.26. The van der Waals surface area contributed by atoms with Gasteiger partial charge in [-0.3, -0.25) is 0 Å². The quantitative estimate of drug-likeness (QED) is 0.887. The highest BCUT2D eigenvalue weighted by Gasteiger charge is 2.25. The number of aliphatic hydroxyl groups excluding tert-OH is 1. The Bertz CT molecular complexity index is 597. The van der Waals surface area contributed by atoms with E-state index in [0.717, 1.165) is 32.1 Å². The summed E-state index contributed by atoms with van der Waals surface area (Å²) in [7, 11) is -3.42. The van der Waals surface area contributed by atoms with Crippen molar-refractivity contribution in [2.45, 2.75) is 49.5 Å². The van der Waals surface area contributed by atoms with Crippen LogP contribution in [0.1, 0.15) is 36.8 Å². The zero-order valence-corrected chi connectivity index (χ0v) is 12.3. The van der Waals surface area contributed by atoms with Crippen LogP contribution in [0.4, 0.5) is 0 Å². The minimum atomic E-state index is -3.42. The molecule has 0 bridgehead atoms. The van der Waals surface area contributed by atoms with E-state index in [1.165, 1.54) is 11.1 Å². The van der Waals surface area contributed by atoms with Crippen LogP contribution in [0.15, 0.2) is 23.1 Å². The van der Waals surface area contributed by atoms with Crippen molar-refractivity contribution in [2.75, 3.05) is 6.54 Å². The van der Waals surface area contributed by atoms with Gasteiger partial charge in [-0.2, -0.15) is 0 Å². The van der Waals surface area contributed by atoms with Gasteiger partial charge in [-0.25, -0.2) is 13.1 Å². The highest BCUT2D eigenvalue weighted by atomic mass is 32.2. The Morgan fingerprint density at radius 3 is 2.75 bits per heavy atom. The average molecular weight is 295 g/mol. The summed E-state index contributed by atoms with van der Waals surface area (Å²) in [5.41, 5.74) is 2.45. The third-order valence-electron chi connectivity index (χ3n) is 4.46. The zero-order chi connectivity index (χ0) is 14.2. The molecule has 5 heteroatoms. The molecule has 1 saturated carbocycles. The number of aliphatic hydroxyl groups is 1. The van der Waals surface area contributed by atoms with Crippen molar-refractivity contribution in [3.63, 3.8) is 0 Å². The van der Waals surface area contributed by atoms with E-state index in [2.05, 4.69) is 4.72 Å². The first-order valence-corrected chi connectivity index (χ1v) is 8.82. The van der Waals surface area contributed by atoms with Crippen LogP contribution in [0.25, 0.3) is 0 Å². The van der Waals surface area contributed by atoms with E-state index in [-0.39, 0.29) is 12.0 Å². The van der Waals surface area contributed by atoms with E-state index in [0.29, 0.717) is 17.9 Å². The molecule has 0 aliphatic heterocycles. The zero-order valence-electron chi connectivity index (χ0n) is 11.5. The van der Waals surface area contributed by atoms with Crippen molar-refractivity contribution >= 4 is 10.0 Å². The number of rotatable bonds is 4. The van der Waals surface area contributed by atoms with Gasteiger partial charge in [0.25, 0.3) is 0 Å². The summed E-state index contributed by atoms with van der Waals surface area (Å²) >= 11 is 0. The van der Waals surface area contributed by atoms with Crippen LogP contribution < -0.4 is 4.72 Å². The number of aryl methyl sites for hydroxylation is 2. The van der Waals surface area contributed by atoms with Gasteiger partial charge < -0.3 is 5.11 Å². The molecule has 110 valence electrons. The van der Waals surface area contributed by atoms with Crippen LogP contribution in [-0.2, 0) is 22.9 Å². The second-order valence-electron chi connectivity index (χ2n) is 5.97. The molecule has 2 N–H and O–H groups in total. The van der Waals surface area contributed by atoms with Gasteiger partial charge in [0, 0.05) is 6.54 Å². The molecule has 0 aromatic heterocycles. The first-order valence-electron chi connectivity index (χ1n) is 7.34. The summed E-state index contributed by atoms with van der Waals surface area (Å²) in [5, 5.41) is 9.47. The van der Waals surface area contributed by atoms with Crippen molar-refractivity contribution in [1.29, 1.82) is 0 Å². The summed E-state index contributed by atoms with van der Waals surface area (Å²) in [6.45, 7) is 0.427. The van der Waals surface area contributed by atoms with Gasteiger partial charge in [0.15, 0.2) is 0 Å². The van der Waals surface area contributed by atoms with Gasteiger partial charge >= 0.3 is 0 Å². The minimum Gasteiger partial charge on any atom is -0.393 e. The molecule has 1 fully saturated rings. The van der Waals surface area contributed by atoms with Gasteiger partial charge in [0.2, 0.25) is 10.0 Å². The summed E-state index contributed by atoms with van der Waals surface area (Å²) < 4.78 is 27.3. The lowest BCUT2D eigenvalue weighted by molar-refractivity contribution is 0.178. The maximum absolute atomic E-state index is 12.3. The molecule has 3 rings (SSSR count). The smallest absolute Gasteiger partial charge is 0.240 e. The Labute approximate surface area is 120 Å².